The summed E-state index contributed by atoms with van der Waals surface area (Å²) in [6, 6.07) is 9.24. The van der Waals surface area contributed by atoms with E-state index in [0.717, 1.165) is 5.56 Å². The van der Waals surface area contributed by atoms with Gasteiger partial charge < -0.3 is 49.2 Å². The molecule has 11 atom stereocenters. The van der Waals surface area contributed by atoms with Gasteiger partial charge in [0.25, 0.3) is 0 Å². The lowest BCUT2D eigenvalue weighted by Crippen LogP contribution is -2.60. The first-order valence-electron chi connectivity index (χ1n) is 11.4. The zero-order valence-corrected chi connectivity index (χ0v) is 18.6. The number of hydrogen-bond acceptors (Lipinski definition) is 11. The van der Waals surface area contributed by atoms with Crippen LogP contribution in [0.2, 0.25) is 0 Å². The Kier molecular flexibility index (Phi) is 6.68. The van der Waals surface area contributed by atoms with Gasteiger partial charge in [-0.2, -0.15) is 0 Å². The van der Waals surface area contributed by atoms with Gasteiger partial charge in [-0.1, -0.05) is 30.3 Å². The summed E-state index contributed by atoms with van der Waals surface area (Å²) >= 11 is 0. The molecule has 3 aliphatic heterocycles. The van der Waals surface area contributed by atoms with Crippen LogP contribution in [-0.2, 0) is 28.5 Å². The molecule has 4 aliphatic rings. The van der Waals surface area contributed by atoms with E-state index in [1.807, 2.05) is 30.3 Å². The number of hydrogen-bond donors (Lipinski definition) is 5. The van der Waals surface area contributed by atoms with E-state index in [-0.39, 0.29) is 6.61 Å². The molecule has 5 rings (SSSR count). The highest BCUT2D eigenvalue weighted by Gasteiger charge is 2.76. The molecule has 11 nitrogen and oxygen atoms in total. The standard InChI is InChI=1S/C24H28O11/c25-10-14-18(28)19(29)20(30)23(33-14)34-22-16-13(8-9-31-22)17(27)21-24(16,35-21)11-32-15(26)7-6-12-4-2-1-3-5-12/h1-9,13-14,16-23,25,27-30H,10-11H2/b7-6+/t13?,14-,16?,17?,18-,19+,20-,21?,22?,23+,24?/m1/s1. The van der Waals surface area contributed by atoms with E-state index in [0.29, 0.717) is 0 Å². The number of benzene rings is 1. The summed E-state index contributed by atoms with van der Waals surface area (Å²) in [5, 5.41) is 50.5. The van der Waals surface area contributed by atoms with Crippen LogP contribution >= 0.6 is 0 Å². The summed E-state index contributed by atoms with van der Waals surface area (Å²) in [4.78, 5) is 12.3. The number of epoxide rings is 1. The predicted octanol–water partition coefficient (Wildman–Crippen LogP) is -1.33. The van der Waals surface area contributed by atoms with Gasteiger partial charge in [-0.25, -0.2) is 4.79 Å². The normalized spacial score (nSPS) is 43.9. The van der Waals surface area contributed by atoms with E-state index in [1.54, 1.807) is 12.2 Å². The molecule has 3 fully saturated rings. The van der Waals surface area contributed by atoms with Crippen LogP contribution in [-0.4, -0.2) is 99.5 Å². The highest BCUT2D eigenvalue weighted by Crippen LogP contribution is 2.60. The summed E-state index contributed by atoms with van der Waals surface area (Å²) in [6.45, 7) is -0.776. The summed E-state index contributed by atoms with van der Waals surface area (Å²) < 4.78 is 28.1. The maximum Gasteiger partial charge on any atom is 0.330 e. The molecule has 0 aromatic heterocycles. The van der Waals surface area contributed by atoms with E-state index < -0.39 is 79.2 Å². The minimum atomic E-state index is -1.63. The molecule has 0 spiro atoms. The summed E-state index contributed by atoms with van der Waals surface area (Å²) in [5.41, 5.74) is -0.248. The van der Waals surface area contributed by atoms with Gasteiger partial charge in [0.05, 0.1) is 24.9 Å². The quantitative estimate of drug-likeness (QED) is 0.174. The second kappa shape index (κ2) is 9.60. The molecule has 2 saturated heterocycles. The van der Waals surface area contributed by atoms with Crippen molar-refractivity contribution in [3.8, 4) is 0 Å². The Labute approximate surface area is 200 Å². The molecule has 6 unspecified atom stereocenters. The van der Waals surface area contributed by atoms with Crippen molar-refractivity contribution >= 4 is 12.0 Å². The largest absolute Gasteiger partial charge is 0.472 e. The van der Waals surface area contributed by atoms with Crippen LogP contribution in [0.5, 0.6) is 0 Å². The van der Waals surface area contributed by atoms with E-state index >= 15 is 0 Å². The first-order valence-corrected chi connectivity index (χ1v) is 11.4. The monoisotopic (exact) mass is 492 g/mol. The predicted molar refractivity (Wildman–Crippen MR) is 116 cm³/mol. The SMILES string of the molecule is O=C(/C=C/c1ccccc1)OCC12OC1C(O)C1C=COC(O[C@@H]3O[C@H](CO)[C@@H](O)[C@H](O)[C@H]3O)C12. The van der Waals surface area contributed by atoms with Crippen molar-refractivity contribution in [2.75, 3.05) is 13.2 Å². The third-order valence-corrected chi connectivity index (χ3v) is 7.03. The molecule has 11 heteroatoms. The van der Waals surface area contributed by atoms with Gasteiger partial charge in [0.15, 0.2) is 6.29 Å². The molecule has 1 aromatic rings. The number of fused-ring (bicyclic) bond motifs is 3. The second-order valence-corrected chi connectivity index (χ2v) is 9.11. The van der Waals surface area contributed by atoms with Gasteiger partial charge in [0.2, 0.25) is 6.29 Å². The van der Waals surface area contributed by atoms with Crippen molar-refractivity contribution in [1.82, 2.24) is 0 Å². The number of carbonyl (C=O) groups is 1. The van der Waals surface area contributed by atoms with Crippen LogP contribution in [0.1, 0.15) is 5.56 Å². The van der Waals surface area contributed by atoms with Gasteiger partial charge >= 0.3 is 5.97 Å². The number of ether oxygens (including phenoxy) is 5. The topological polar surface area (TPSA) is 168 Å². The Bertz CT molecular complexity index is 965. The first-order chi connectivity index (χ1) is 16.9. The molecule has 1 saturated carbocycles. The molecule has 1 aliphatic carbocycles. The minimum Gasteiger partial charge on any atom is -0.472 e. The van der Waals surface area contributed by atoms with Gasteiger partial charge in [-0.15, -0.1) is 0 Å². The Hall–Kier alpha value is -2.35. The van der Waals surface area contributed by atoms with Crippen LogP contribution < -0.4 is 0 Å². The lowest BCUT2D eigenvalue weighted by Gasteiger charge is -2.43. The average molecular weight is 492 g/mol. The fraction of sp³-hybridized carbons (Fsp3) is 0.542. The Balaban J connectivity index is 1.28. The maximum absolute atomic E-state index is 12.3. The Morgan fingerprint density at radius 1 is 1.03 bits per heavy atom. The highest BCUT2D eigenvalue weighted by atomic mass is 16.8. The fourth-order valence-corrected chi connectivity index (χ4v) is 5.11. The summed E-state index contributed by atoms with van der Waals surface area (Å²) in [6.07, 6.45) is -4.06. The number of carbonyl (C=O) groups excluding carboxylic acids is 1. The zero-order chi connectivity index (χ0) is 24.7. The van der Waals surface area contributed by atoms with Gasteiger partial charge in [-0.3, -0.25) is 0 Å². The maximum atomic E-state index is 12.3. The lowest BCUT2D eigenvalue weighted by atomic mass is 9.85. The second-order valence-electron chi connectivity index (χ2n) is 9.11. The molecular weight excluding hydrogens is 464 g/mol. The molecule has 0 bridgehead atoms. The van der Waals surface area contributed by atoms with E-state index in [1.165, 1.54) is 12.3 Å². The smallest absolute Gasteiger partial charge is 0.330 e. The first kappa shape index (κ1) is 24.3. The molecule has 35 heavy (non-hydrogen) atoms. The van der Waals surface area contributed by atoms with E-state index in [2.05, 4.69) is 0 Å². The Morgan fingerprint density at radius 3 is 2.54 bits per heavy atom. The van der Waals surface area contributed by atoms with Gasteiger partial charge in [-0.05, 0) is 17.7 Å². The molecular formula is C24H28O11. The average Bonchev–Trinajstić information content (AvgIpc) is 3.56. The van der Waals surface area contributed by atoms with Gasteiger partial charge in [0.1, 0.15) is 42.7 Å². The molecule has 3 heterocycles. The molecule has 190 valence electrons. The minimum absolute atomic E-state index is 0.167. The number of rotatable bonds is 7. The Morgan fingerprint density at radius 2 is 1.80 bits per heavy atom. The van der Waals surface area contributed by atoms with Crippen molar-refractivity contribution in [2.24, 2.45) is 11.8 Å². The lowest BCUT2D eigenvalue weighted by molar-refractivity contribution is -0.344. The fourth-order valence-electron chi connectivity index (χ4n) is 5.11. The number of aliphatic hydroxyl groups is 5. The molecule has 5 N–H and O–H groups in total. The van der Waals surface area contributed by atoms with E-state index in [9.17, 15) is 30.3 Å². The summed E-state index contributed by atoms with van der Waals surface area (Å²) in [7, 11) is 0. The molecule has 0 radical (unpaired) electrons. The zero-order valence-electron chi connectivity index (χ0n) is 18.6. The summed E-state index contributed by atoms with van der Waals surface area (Å²) in [5.74, 6) is -1.67. The van der Waals surface area contributed by atoms with Crippen LogP contribution in [0.25, 0.3) is 6.08 Å². The highest BCUT2D eigenvalue weighted by molar-refractivity contribution is 5.87. The number of esters is 1. The third-order valence-electron chi connectivity index (χ3n) is 7.03. The van der Waals surface area contributed by atoms with E-state index in [4.69, 9.17) is 23.7 Å². The van der Waals surface area contributed by atoms with Gasteiger partial charge in [0, 0.05) is 12.0 Å². The van der Waals surface area contributed by atoms with Crippen molar-refractivity contribution in [3.63, 3.8) is 0 Å². The molecule has 1 aromatic carbocycles. The van der Waals surface area contributed by atoms with Crippen molar-refractivity contribution in [3.05, 3.63) is 54.3 Å². The number of aliphatic hydroxyl groups excluding tert-OH is 5. The molecule has 0 amide bonds. The van der Waals surface area contributed by atoms with Crippen molar-refractivity contribution < 1.29 is 54.0 Å². The third kappa shape index (κ3) is 4.39. The van der Waals surface area contributed by atoms with Crippen molar-refractivity contribution in [2.45, 2.75) is 54.8 Å². The van der Waals surface area contributed by atoms with Crippen LogP contribution in [0.4, 0.5) is 0 Å². The van der Waals surface area contributed by atoms with Crippen LogP contribution in [0.3, 0.4) is 0 Å². The van der Waals surface area contributed by atoms with Crippen molar-refractivity contribution in [1.29, 1.82) is 0 Å². The van der Waals surface area contributed by atoms with Crippen LogP contribution in [0, 0.1) is 11.8 Å². The van der Waals surface area contributed by atoms with Crippen LogP contribution in [0.15, 0.2) is 48.7 Å².